The molecule has 3 aromatic rings. The number of benzene rings is 2. The normalized spacial score (nSPS) is 11.3. The number of aryl methyl sites for hydroxylation is 1. The van der Waals surface area contributed by atoms with Crippen molar-refractivity contribution in [2.75, 3.05) is 13.7 Å². The summed E-state index contributed by atoms with van der Waals surface area (Å²) in [5.41, 5.74) is 5.02. The van der Waals surface area contributed by atoms with Crippen LogP contribution in [-0.2, 0) is 24.2 Å². The summed E-state index contributed by atoms with van der Waals surface area (Å²) in [4.78, 5) is 4.76. The highest BCUT2D eigenvalue weighted by atomic mass is 35.5. The molecule has 0 amide bonds. The Morgan fingerprint density at radius 2 is 1.96 bits per heavy atom. The van der Waals surface area contributed by atoms with Gasteiger partial charge in [0.05, 0.1) is 17.6 Å². The molecule has 0 aliphatic carbocycles. The molecule has 0 unspecified atom stereocenters. The van der Waals surface area contributed by atoms with Gasteiger partial charge < -0.3 is 9.84 Å². The van der Waals surface area contributed by atoms with Crippen LogP contribution in [0.4, 0.5) is 0 Å². The second kappa shape index (κ2) is 7.34. The highest BCUT2D eigenvalue weighted by Gasteiger charge is 2.14. The molecule has 4 nitrogen and oxygen atoms in total. The molecule has 3 rings (SSSR count). The third-order valence-corrected chi connectivity index (χ3v) is 4.46. The van der Waals surface area contributed by atoms with Crippen molar-refractivity contribution in [3.8, 4) is 5.69 Å². The molecular weight excluding hydrogens is 324 g/mol. The van der Waals surface area contributed by atoms with E-state index in [-0.39, 0.29) is 6.61 Å². The fourth-order valence-corrected chi connectivity index (χ4v) is 3.14. The third-order valence-electron chi connectivity index (χ3n) is 4.10. The van der Waals surface area contributed by atoms with Gasteiger partial charge in [0.1, 0.15) is 5.82 Å². The van der Waals surface area contributed by atoms with Crippen molar-refractivity contribution in [2.45, 2.75) is 26.4 Å². The highest BCUT2D eigenvalue weighted by Crippen LogP contribution is 2.28. The maximum atomic E-state index is 9.06. The van der Waals surface area contributed by atoms with E-state index in [1.54, 1.807) is 7.11 Å². The van der Waals surface area contributed by atoms with Crippen LogP contribution in [0.2, 0.25) is 5.02 Å². The molecule has 126 valence electrons. The quantitative estimate of drug-likeness (QED) is 0.737. The Labute approximate surface area is 146 Å². The molecule has 2 aromatic carbocycles. The number of halogens is 1. The minimum absolute atomic E-state index is 0.158. The summed E-state index contributed by atoms with van der Waals surface area (Å²) in [5.74, 6) is 0.991. The molecule has 0 bridgehead atoms. The topological polar surface area (TPSA) is 47.3 Å². The number of hydrogen-bond donors (Lipinski definition) is 1. The van der Waals surface area contributed by atoms with Gasteiger partial charge in [-0.3, -0.25) is 4.57 Å². The number of aliphatic hydroxyl groups is 1. The van der Waals surface area contributed by atoms with Gasteiger partial charge in [-0.2, -0.15) is 0 Å². The van der Waals surface area contributed by atoms with Gasteiger partial charge in [0.2, 0.25) is 0 Å². The van der Waals surface area contributed by atoms with Crippen LogP contribution in [0.3, 0.4) is 0 Å². The zero-order valence-corrected chi connectivity index (χ0v) is 14.7. The van der Waals surface area contributed by atoms with Crippen molar-refractivity contribution in [1.82, 2.24) is 9.55 Å². The fraction of sp³-hybridized carbons (Fsp3) is 0.316. The Hall–Kier alpha value is -1.88. The predicted octanol–water partition coefficient (Wildman–Crippen LogP) is 3.92. The number of rotatable bonds is 6. The van der Waals surface area contributed by atoms with Crippen LogP contribution in [0.5, 0.6) is 0 Å². The average Bonchev–Trinajstić information content (AvgIpc) is 2.94. The molecule has 1 aromatic heterocycles. The maximum absolute atomic E-state index is 9.06. The molecule has 0 aliphatic heterocycles. The van der Waals surface area contributed by atoms with Gasteiger partial charge in [-0.1, -0.05) is 30.7 Å². The summed E-state index contributed by atoms with van der Waals surface area (Å²) in [6.45, 7) is 2.72. The van der Waals surface area contributed by atoms with Crippen LogP contribution in [0.1, 0.15) is 23.9 Å². The standard InChI is InChI=1S/C19H21ClN2O2/c1-3-19-21-17-10-14(12-24-2)16(20)11-18(17)22(19)15-6-4-13(5-7-15)8-9-23/h4-7,10-11,23H,3,8-9,12H2,1-2H3. The number of hydrogen-bond acceptors (Lipinski definition) is 3. The van der Waals surface area contributed by atoms with Gasteiger partial charge in [0, 0.05) is 30.8 Å². The number of imidazole rings is 1. The van der Waals surface area contributed by atoms with E-state index in [0.717, 1.165) is 40.1 Å². The Bertz CT molecular complexity index is 841. The number of fused-ring (bicyclic) bond motifs is 1. The van der Waals surface area contributed by atoms with Gasteiger partial charge in [-0.15, -0.1) is 0 Å². The second-order valence-electron chi connectivity index (χ2n) is 5.72. The summed E-state index contributed by atoms with van der Waals surface area (Å²) in [5, 5.41) is 9.74. The van der Waals surface area contributed by atoms with E-state index in [9.17, 15) is 0 Å². The molecule has 0 aliphatic rings. The first-order valence-corrected chi connectivity index (χ1v) is 8.44. The average molecular weight is 345 g/mol. The fourth-order valence-electron chi connectivity index (χ4n) is 2.92. The van der Waals surface area contributed by atoms with Crippen molar-refractivity contribution in [1.29, 1.82) is 0 Å². The summed E-state index contributed by atoms with van der Waals surface area (Å²) in [7, 11) is 1.66. The lowest BCUT2D eigenvalue weighted by Gasteiger charge is -2.10. The van der Waals surface area contributed by atoms with Crippen molar-refractivity contribution in [2.24, 2.45) is 0 Å². The van der Waals surface area contributed by atoms with E-state index in [1.165, 1.54) is 0 Å². The second-order valence-corrected chi connectivity index (χ2v) is 6.13. The molecule has 0 fully saturated rings. The molecule has 0 atom stereocenters. The van der Waals surface area contributed by atoms with E-state index in [4.69, 9.17) is 26.4 Å². The Balaban J connectivity index is 2.13. The monoisotopic (exact) mass is 344 g/mol. The SMILES string of the molecule is CCc1nc2cc(COC)c(Cl)cc2n1-c1ccc(CCO)cc1. The van der Waals surface area contributed by atoms with Crippen LogP contribution < -0.4 is 0 Å². The lowest BCUT2D eigenvalue weighted by atomic mass is 10.1. The maximum Gasteiger partial charge on any atom is 0.114 e. The summed E-state index contributed by atoms with van der Waals surface area (Å²) in [6, 6.07) is 12.1. The first-order valence-electron chi connectivity index (χ1n) is 8.06. The van der Waals surface area contributed by atoms with Crippen LogP contribution in [0.25, 0.3) is 16.7 Å². The van der Waals surface area contributed by atoms with Crippen molar-refractivity contribution >= 4 is 22.6 Å². The van der Waals surface area contributed by atoms with Crippen LogP contribution in [-0.4, -0.2) is 28.4 Å². The zero-order chi connectivity index (χ0) is 17.1. The van der Waals surface area contributed by atoms with E-state index in [2.05, 4.69) is 23.6 Å². The van der Waals surface area contributed by atoms with Gasteiger partial charge in [-0.05, 0) is 41.8 Å². The minimum Gasteiger partial charge on any atom is -0.396 e. The molecule has 0 radical (unpaired) electrons. The van der Waals surface area contributed by atoms with Gasteiger partial charge in [-0.25, -0.2) is 4.98 Å². The number of aliphatic hydroxyl groups excluding tert-OH is 1. The lowest BCUT2D eigenvalue weighted by Crippen LogP contribution is -2.01. The number of methoxy groups -OCH3 is 1. The molecule has 24 heavy (non-hydrogen) atoms. The summed E-state index contributed by atoms with van der Waals surface area (Å²) >= 11 is 6.41. The first-order chi connectivity index (χ1) is 11.7. The largest absolute Gasteiger partial charge is 0.396 e. The van der Waals surface area contributed by atoms with Gasteiger partial charge >= 0.3 is 0 Å². The molecular formula is C19H21ClN2O2. The molecule has 0 saturated carbocycles. The zero-order valence-electron chi connectivity index (χ0n) is 13.9. The number of aromatic nitrogens is 2. The van der Waals surface area contributed by atoms with Crippen molar-refractivity contribution in [3.63, 3.8) is 0 Å². The van der Waals surface area contributed by atoms with Gasteiger partial charge in [0.25, 0.3) is 0 Å². The van der Waals surface area contributed by atoms with Gasteiger partial charge in [0.15, 0.2) is 0 Å². The summed E-state index contributed by atoms with van der Waals surface area (Å²) < 4.78 is 7.34. The van der Waals surface area contributed by atoms with E-state index >= 15 is 0 Å². The molecule has 1 heterocycles. The molecule has 5 heteroatoms. The van der Waals surface area contributed by atoms with E-state index < -0.39 is 0 Å². The predicted molar refractivity (Wildman–Crippen MR) is 97.0 cm³/mol. The Kier molecular flexibility index (Phi) is 5.19. The Morgan fingerprint density at radius 1 is 1.21 bits per heavy atom. The molecule has 1 N–H and O–H groups in total. The Morgan fingerprint density at radius 3 is 2.58 bits per heavy atom. The summed E-state index contributed by atoms with van der Waals surface area (Å²) in [6.07, 6.45) is 1.49. The molecule has 0 spiro atoms. The van der Waals surface area contributed by atoms with Crippen LogP contribution in [0, 0.1) is 0 Å². The highest BCUT2D eigenvalue weighted by molar-refractivity contribution is 6.32. The number of ether oxygens (including phenoxy) is 1. The molecule has 0 saturated heterocycles. The lowest BCUT2D eigenvalue weighted by molar-refractivity contribution is 0.185. The van der Waals surface area contributed by atoms with E-state index in [0.29, 0.717) is 18.1 Å². The van der Waals surface area contributed by atoms with E-state index in [1.807, 2.05) is 24.3 Å². The third kappa shape index (κ3) is 3.18. The smallest absolute Gasteiger partial charge is 0.114 e. The van der Waals surface area contributed by atoms with Crippen LogP contribution in [0.15, 0.2) is 36.4 Å². The first kappa shape index (κ1) is 17.0. The number of nitrogens with zero attached hydrogens (tertiary/aromatic N) is 2. The van der Waals surface area contributed by atoms with Crippen LogP contribution >= 0.6 is 11.6 Å². The van der Waals surface area contributed by atoms with Crippen molar-refractivity contribution in [3.05, 3.63) is 58.4 Å². The van der Waals surface area contributed by atoms with Crippen molar-refractivity contribution < 1.29 is 9.84 Å². The minimum atomic E-state index is 0.158.